The van der Waals surface area contributed by atoms with E-state index in [-0.39, 0.29) is 17.5 Å². The zero-order chi connectivity index (χ0) is 20.5. The number of pyridine rings is 1. The van der Waals surface area contributed by atoms with Gasteiger partial charge in [-0.2, -0.15) is 0 Å². The van der Waals surface area contributed by atoms with Crippen molar-refractivity contribution in [3.8, 4) is 10.8 Å². The minimum absolute atomic E-state index is 0.0970. The number of halogens is 2. The van der Waals surface area contributed by atoms with Gasteiger partial charge in [-0.1, -0.05) is 41.9 Å². The van der Waals surface area contributed by atoms with Crippen molar-refractivity contribution in [1.82, 2.24) is 15.2 Å². The zero-order valence-electron chi connectivity index (χ0n) is 15.8. The van der Waals surface area contributed by atoms with Gasteiger partial charge >= 0.3 is 0 Å². The van der Waals surface area contributed by atoms with Crippen LogP contribution in [-0.2, 0) is 17.6 Å². The molecule has 0 saturated carbocycles. The highest BCUT2D eigenvalue weighted by atomic mass is 35.5. The first-order chi connectivity index (χ1) is 13.9. The number of carbonyl (C=O) groups is 1. The third-order valence-electron chi connectivity index (χ3n) is 4.73. The van der Waals surface area contributed by atoms with E-state index in [4.69, 9.17) is 27.6 Å². The summed E-state index contributed by atoms with van der Waals surface area (Å²) < 4.78 is 5.75. The second-order valence-electron chi connectivity index (χ2n) is 7.01. The van der Waals surface area contributed by atoms with Gasteiger partial charge in [-0.3, -0.25) is 4.79 Å². The third kappa shape index (κ3) is 4.60. The fourth-order valence-corrected chi connectivity index (χ4v) is 5.20. The standard InChI is InChI=1S/C19H18Cl2N4O2S2/c1-9-3-4-13-11(5-9)6-14(29-13)18-24-25-19(27-18)28-8-15(26)23-17-16(21)10(2)12(20)7-22-17/h6-7,9H,3-5,8H2,1-2H3,(H,22,23,26). The van der Waals surface area contributed by atoms with Crippen molar-refractivity contribution in [2.24, 2.45) is 5.92 Å². The smallest absolute Gasteiger partial charge is 0.277 e. The lowest BCUT2D eigenvalue weighted by Crippen LogP contribution is -2.15. The largest absolute Gasteiger partial charge is 0.410 e. The average molecular weight is 469 g/mol. The summed E-state index contributed by atoms with van der Waals surface area (Å²) in [6, 6.07) is 2.15. The molecular formula is C19H18Cl2N4O2S2. The molecule has 1 unspecified atom stereocenters. The van der Waals surface area contributed by atoms with Crippen LogP contribution in [0.3, 0.4) is 0 Å². The van der Waals surface area contributed by atoms with Crippen LogP contribution in [0.1, 0.15) is 29.3 Å². The molecule has 0 aliphatic heterocycles. The number of nitrogens with one attached hydrogen (secondary N) is 1. The number of nitrogens with zero attached hydrogens (tertiary/aromatic N) is 3. The normalized spacial score (nSPS) is 15.9. The van der Waals surface area contributed by atoms with Crippen LogP contribution in [0.2, 0.25) is 10.0 Å². The molecule has 0 radical (unpaired) electrons. The number of rotatable bonds is 5. The van der Waals surface area contributed by atoms with Crippen molar-refractivity contribution in [2.75, 3.05) is 11.1 Å². The molecule has 3 heterocycles. The molecule has 3 aromatic rings. The van der Waals surface area contributed by atoms with Gasteiger partial charge < -0.3 is 9.73 Å². The van der Waals surface area contributed by atoms with Gasteiger partial charge in [-0.15, -0.1) is 21.5 Å². The summed E-state index contributed by atoms with van der Waals surface area (Å²) in [4.78, 5) is 18.7. The topological polar surface area (TPSA) is 80.9 Å². The van der Waals surface area contributed by atoms with E-state index in [1.54, 1.807) is 18.3 Å². The van der Waals surface area contributed by atoms with E-state index in [9.17, 15) is 4.79 Å². The molecule has 1 amide bonds. The maximum Gasteiger partial charge on any atom is 0.277 e. The molecule has 0 spiro atoms. The van der Waals surface area contributed by atoms with E-state index in [0.29, 0.717) is 32.6 Å². The van der Waals surface area contributed by atoms with Crippen molar-refractivity contribution >= 4 is 58.0 Å². The van der Waals surface area contributed by atoms with Crippen molar-refractivity contribution < 1.29 is 9.21 Å². The van der Waals surface area contributed by atoms with Crippen LogP contribution >= 0.6 is 46.3 Å². The minimum Gasteiger partial charge on any atom is -0.410 e. The Morgan fingerprint density at radius 3 is 3.07 bits per heavy atom. The number of thiophene rings is 1. The van der Waals surface area contributed by atoms with Gasteiger partial charge in [0, 0.05) is 11.1 Å². The van der Waals surface area contributed by atoms with E-state index < -0.39 is 0 Å². The second kappa shape index (κ2) is 8.63. The number of thioether (sulfide) groups is 1. The fraction of sp³-hybridized carbons (Fsp3) is 0.368. The average Bonchev–Trinajstić information content (AvgIpc) is 3.33. The van der Waals surface area contributed by atoms with Crippen LogP contribution in [0.25, 0.3) is 10.8 Å². The Balaban J connectivity index is 1.37. The van der Waals surface area contributed by atoms with Gasteiger partial charge in [0.2, 0.25) is 5.91 Å². The van der Waals surface area contributed by atoms with Crippen LogP contribution in [0, 0.1) is 12.8 Å². The first-order valence-electron chi connectivity index (χ1n) is 9.09. The van der Waals surface area contributed by atoms with Crippen LogP contribution in [0.4, 0.5) is 5.82 Å². The van der Waals surface area contributed by atoms with E-state index in [1.165, 1.54) is 34.8 Å². The van der Waals surface area contributed by atoms with Gasteiger partial charge in [-0.25, -0.2) is 4.98 Å². The first-order valence-corrected chi connectivity index (χ1v) is 11.6. The number of fused-ring (bicyclic) bond motifs is 1. The van der Waals surface area contributed by atoms with Crippen molar-refractivity contribution in [2.45, 2.75) is 38.3 Å². The van der Waals surface area contributed by atoms with E-state index in [2.05, 4.69) is 33.5 Å². The number of aromatic nitrogens is 3. The molecule has 1 aliphatic rings. The number of anilines is 1. The van der Waals surface area contributed by atoms with Crippen molar-refractivity contribution in [1.29, 1.82) is 0 Å². The molecule has 6 nitrogen and oxygen atoms in total. The molecule has 0 saturated heterocycles. The maximum atomic E-state index is 12.2. The summed E-state index contributed by atoms with van der Waals surface area (Å²) in [5, 5.41) is 12.0. The molecule has 1 N–H and O–H groups in total. The Labute approximate surface area is 186 Å². The Morgan fingerprint density at radius 1 is 1.41 bits per heavy atom. The predicted molar refractivity (Wildman–Crippen MR) is 117 cm³/mol. The van der Waals surface area contributed by atoms with E-state index in [0.717, 1.165) is 17.7 Å². The SMILES string of the molecule is Cc1c(Cl)cnc(NC(=O)CSc2nnc(-c3cc4c(s3)CCC(C)C4)o2)c1Cl. The lowest BCUT2D eigenvalue weighted by Gasteiger charge is -2.16. The summed E-state index contributed by atoms with van der Waals surface area (Å²) in [6.07, 6.45) is 4.89. The first kappa shape index (κ1) is 20.7. The highest BCUT2D eigenvalue weighted by Gasteiger charge is 2.21. The van der Waals surface area contributed by atoms with E-state index in [1.807, 2.05) is 0 Å². The molecule has 10 heteroatoms. The third-order valence-corrected chi connectivity index (χ3v) is 7.62. The zero-order valence-corrected chi connectivity index (χ0v) is 18.9. The van der Waals surface area contributed by atoms with Crippen molar-refractivity contribution in [3.63, 3.8) is 0 Å². The minimum atomic E-state index is -0.272. The maximum absolute atomic E-state index is 12.2. The fourth-order valence-electron chi connectivity index (χ4n) is 3.12. The number of hydrogen-bond donors (Lipinski definition) is 1. The van der Waals surface area contributed by atoms with Crippen LogP contribution in [-0.4, -0.2) is 26.8 Å². The van der Waals surface area contributed by atoms with Gasteiger partial charge in [0.25, 0.3) is 11.1 Å². The van der Waals surface area contributed by atoms with Crippen LogP contribution in [0.5, 0.6) is 0 Å². The molecule has 0 fully saturated rings. The Kier molecular flexibility index (Phi) is 6.15. The van der Waals surface area contributed by atoms with Gasteiger partial charge in [0.1, 0.15) is 0 Å². The molecule has 1 atom stereocenters. The molecule has 4 rings (SSSR count). The molecular weight excluding hydrogens is 451 g/mol. The van der Waals surface area contributed by atoms with Crippen molar-refractivity contribution in [3.05, 3.63) is 38.3 Å². The van der Waals surface area contributed by atoms with Crippen LogP contribution < -0.4 is 5.32 Å². The number of carbonyl (C=O) groups excluding carboxylic acids is 1. The molecule has 29 heavy (non-hydrogen) atoms. The highest BCUT2D eigenvalue weighted by Crippen LogP contribution is 2.37. The van der Waals surface area contributed by atoms with Gasteiger partial charge in [-0.05, 0) is 49.3 Å². The molecule has 152 valence electrons. The van der Waals surface area contributed by atoms with Gasteiger partial charge in [0.15, 0.2) is 5.82 Å². The molecule has 0 aromatic carbocycles. The second-order valence-corrected chi connectivity index (χ2v) is 9.86. The Bertz CT molecular complexity index is 1070. The number of hydrogen-bond acceptors (Lipinski definition) is 7. The number of amides is 1. The lowest BCUT2D eigenvalue weighted by atomic mass is 9.90. The van der Waals surface area contributed by atoms with E-state index >= 15 is 0 Å². The summed E-state index contributed by atoms with van der Waals surface area (Å²) >= 11 is 15.0. The van der Waals surface area contributed by atoms with Crippen LogP contribution in [0.15, 0.2) is 21.9 Å². The summed E-state index contributed by atoms with van der Waals surface area (Å²) in [5.74, 6) is 1.32. The molecule has 1 aliphatic carbocycles. The lowest BCUT2D eigenvalue weighted by molar-refractivity contribution is -0.113. The monoisotopic (exact) mass is 468 g/mol. The number of aryl methyl sites for hydroxylation is 1. The Hall–Kier alpha value is -1.61. The highest BCUT2D eigenvalue weighted by molar-refractivity contribution is 7.99. The predicted octanol–water partition coefficient (Wildman–Crippen LogP) is 5.66. The molecule has 3 aromatic heterocycles. The summed E-state index contributed by atoms with van der Waals surface area (Å²) in [6.45, 7) is 4.04. The summed E-state index contributed by atoms with van der Waals surface area (Å²) in [7, 11) is 0. The molecule has 0 bridgehead atoms. The quantitative estimate of drug-likeness (QED) is 0.486. The summed E-state index contributed by atoms with van der Waals surface area (Å²) in [5.41, 5.74) is 2.05. The Morgan fingerprint density at radius 2 is 2.24 bits per heavy atom. The van der Waals surface area contributed by atoms with Gasteiger partial charge in [0.05, 0.1) is 20.7 Å².